The van der Waals surface area contributed by atoms with Crippen molar-refractivity contribution in [1.29, 1.82) is 0 Å². The molecular formula is C11H18BrN5O2. The summed E-state index contributed by atoms with van der Waals surface area (Å²) >= 11 is 3.41. The van der Waals surface area contributed by atoms with E-state index >= 15 is 0 Å². The van der Waals surface area contributed by atoms with E-state index in [0.717, 1.165) is 4.47 Å². The lowest BCUT2D eigenvalue weighted by molar-refractivity contribution is -0.119. The smallest absolute Gasteiger partial charge is 0.239 e. The van der Waals surface area contributed by atoms with E-state index in [1.807, 2.05) is 0 Å². The third kappa shape index (κ3) is 4.64. The molecule has 0 aliphatic heterocycles. The average Bonchev–Trinajstić information content (AvgIpc) is 2.39. The molecule has 2 N–H and O–H groups in total. The van der Waals surface area contributed by atoms with Gasteiger partial charge in [-0.3, -0.25) is 4.79 Å². The number of methoxy groups -OCH3 is 1. The highest BCUT2D eigenvalue weighted by molar-refractivity contribution is 9.10. The number of carbonyl (C=O) groups is 1. The van der Waals surface area contributed by atoms with Gasteiger partial charge in [0.15, 0.2) is 0 Å². The summed E-state index contributed by atoms with van der Waals surface area (Å²) in [6, 6.07) is 0. The molecule has 0 radical (unpaired) electrons. The molecule has 0 spiro atoms. The van der Waals surface area contributed by atoms with Gasteiger partial charge in [-0.05, 0) is 15.9 Å². The maximum atomic E-state index is 11.7. The molecule has 0 saturated heterocycles. The maximum absolute atomic E-state index is 11.7. The Morgan fingerprint density at radius 1 is 1.53 bits per heavy atom. The number of rotatable bonds is 7. The Balaban J connectivity index is 2.62. The van der Waals surface area contributed by atoms with Crippen LogP contribution in [0.25, 0.3) is 0 Å². The SMILES string of the molecule is CNc1ncnc(N(C)CC(=O)NCCOC)c1Br. The van der Waals surface area contributed by atoms with Gasteiger partial charge < -0.3 is 20.3 Å². The summed E-state index contributed by atoms with van der Waals surface area (Å²) in [4.78, 5) is 21.7. The van der Waals surface area contributed by atoms with Crippen molar-refractivity contribution in [3.8, 4) is 0 Å². The fourth-order valence-corrected chi connectivity index (χ4v) is 2.15. The fraction of sp³-hybridized carbons (Fsp3) is 0.545. The zero-order valence-electron chi connectivity index (χ0n) is 11.2. The molecule has 0 bridgehead atoms. The third-order valence-electron chi connectivity index (χ3n) is 2.38. The highest BCUT2D eigenvalue weighted by atomic mass is 79.9. The first-order valence-corrected chi connectivity index (χ1v) is 6.54. The van der Waals surface area contributed by atoms with Crippen LogP contribution in [-0.2, 0) is 9.53 Å². The molecule has 0 saturated carbocycles. The molecule has 106 valence electrons. The first-order chi connectivity index (χ1) is 9.10. The van der Waals surface area contributed by atoms with Gasteiger partial charge in [-0.1, -0.05) is 0 Å². The third-order valence-corrected chi connectivity index (χ3v) is 3.11. The summed E-state index contributed by atoms with van der Waals surface area (Å²) in [6.45, 7) is 1.20. The van der Waals surface area contributed by atoms with Crippen LogP contribution in [0.2, 0.25) is 0 Å². The highest BCUT2D eigenvalue weighted by Crippen LogP contribution is 2.28. The van der Waals surface area contributed by atoms with E-state index in [9.17, 15) is 4.79 Å². The standard InChI is InChI=1S/C11H18BrN5O2/c1-13-10-9(12)11(16-7-15-10)17(2)6-8(18)14-4-5-19-3/h7H,4-6H2,1-3H3,(H,14,18)(H,13,15,16). The second kappa shape index (κ2) is 7.90. The number of nitrogens with one attached hydrogen (secondary N) is 2. The van der Waals surface area contributed by atoms with E-state index in [1.165, 1.54) is 6.33 Å². The number of aromatic nitrogens is 2. The van der Waals surface area contributed by atoms with Crippen molar-refractivity contribution in [2.45, 2.75) is 0 Å². The van der Waals surface area contributed by atoms with Crippen LogP contribution in [0.15, 0.2) is 10.8 Å². The lowest BCUT2D eigenvalue weighted by atomic mass is 10.4. The van der Waals surface area contributed by atoms with Crippen molar-refractivity contribution < 1.29 is 9.53 Å². The minimum atomic E-state index is -0.0870. The number of carbonyl (C=O) groups excluding carboxylic acids is 1. The normalized spacial score (nSPS) is 10.1. The molecule has 7 nitrogen and oxygen atoms in total. The largest absolute Gasteiger partial charge is 0.383 e. The van der Waals surface area contributed by atoms with Gasteiger partial charge in [0, 0.05) is 27.7 Å². The Bertz CT molecular complexity index is 430. The lowest BCUT2D eigenvalue weighted by Gasteiger charge is -2.19. The Morgan fingerprint density at radius 3 is 2.89 bits per heavy atom. The number of ether oxygens (including phenoxy) is 1. The van der Waals surface area contributed by atoms with E-state index in [2.05, 4.69) is 36.5 Å². The second-order valence-corrected chi connectivity index (χ2v) is 4.60. The molecule has 1 rings (SSSR count). The van der Waals surface area contributed by atoms with Crippen molar-refractivity contribution in [2.75, 3.05) is 51.1 Å². The number of halogens is 1. The van der Waals surface area contributed by atoms with Crippen LogP contribution in [0.1, 0.15) is 0 Å². The van der Waals surface area contributed by atoms with Crippen molar-refractivity contribution >= 4 is 33.5 Å². The fourth-order valence-electron chi connectivity index (χ4n) is 1.44. The first-order valence-electron chi connectivity index (χ1n) is 5.75. The van der Waals surface area contributed by atoms with Gasteiger partial charge in [-0.15, -0.1) is 0 Å². The quantitative estimate of drug-likeness (QED) is 0.707. The molecule has 1 heterocycles. The predicted molar refractivity (Wildman–Crippen MR) is 77.4 cm³/mol. The zero-order chi connectivity index (χ0) is 14.3. The molecule has 0 aliphatic carbocycles. The number of nitrogens with zero attached hydrogens (tertiary/aromatic N) is 3. The highest BCUT2D eigenvalue weighted by Gasteiger charge is 2.14. The molecule has 19 heavy (non-hydrogen) atoms. The number of likely N-dealkylation sites (N-methyl/N-ethyl adjacent to an activating group) is 1. The van der Waals surface area contributed by atoms with Gasteiger partial charge in [0.25, 0.3) is 0 Å². The zero-order valence-corrected chi connectivity index (χ0v) is 12.8. The molecular weight excluding hydrogens is 314 g/mol. The van der Waals surface area contributed by atoms with Crippen molar-refractivity contribution in [1.82, 2.24) is 15.3 Å². The summed E-state index contributed by atoms with van der Waals surface area (Å²) in [5.74, 6) is 1.24. The van der Waals surface area contributed by atoms with Crippen LogP contribution in [0.3, 0.4) is 0 Å². The summed E-state index contributed by atoms with van der Waals surface area (Å²) in [6.07, 6.45) is 1.45. The molecule has 0 aromatic carbocycles. The molecule has 0 atom stereocenters. The summed E-state index contributed by atoms with van der Waals surface area (Å²) in [7, 11) is 5.16. The van der Waals surface area contributed by atoms with E-state index in [0.29, 0.717) is 24.8 Å². The second-order valence-electron chi connectivity index (χ2n) is 3.81. The van der Waals surface area contributed by atoms with Crippen molar-refractivity contribution in [3.05, 3.63) is 10.8 Å². The summed E-state index contributed by atoms with van der Waals surface area (Å²) in [5.41, 5.74) is 0. The summed E-state index contributed by atoms with van der Waals surface area (Å²) in [5, 5.41) is 5.70. The number of hydrogen-bond donors (Lipinski definition) is 2. The van der Waals surface area contributed by atoms with E-state index in [1.54, 1.807) is 26.1 Å². The van der Waals surface area contributed by atoms with Gasteiger partial charge in [-0.2, -0.15) is 0 Å². The van der Waals surface area contributed by atoms with Gasteiger partial charge in [0.1, 0.15) is 22.4 Å². The summed E-state index contributed by atoms with van der Waals surface area (Å²) < 4.78 is 5.59. The van der Waals surface area contributed by atoms with Crippen LogP contribution in [0, 0.1) is 0 Å². The molecule has 0 unspecified atom stereocenters. The van der Waals surface area contributed by atoms with E-state index in [4.69, 9.17) is 4.74 Å². The molecule has 0 fully saturated rings. The molecule has 1 aromatic rings. The van der Waals surface area contributed by atoms with Crippen molar-refractivity contribution in [3.63, 3.8) is 0 Å². The Morgan fingerprint density at radius 2 is 2.26 bits per heavy atom. The van der Waals surface area contributed by atoms with Gasteiger partial charge in [0.2, 0.25) is 5.91 Å². The maximum Gasteiger partial charge on any atom is 0.239 e. The minimum absolute atomic E-state index is 0.0870. The Labute approximate surface area is 120 Å². The van der Waals surface area contributed by atoms with Crippen LogP contribution in [-0.4, -0.2) is 56.8 Å². The lowest BCUT2D eigenvalue weighted by Crippen LogP contribution is -2.37. The van der Waals surface area contributed by atoms with Crippen LogP contribution in [0.4, 0.5) is 11.6 Å². The van der Waals surface area contributed by atoms with Crippen LogP contribution in [0.5, 0.6) is 0 Å². The molecule has 1 aromatic heterocycles. The van der Waals surface area contributed by atoms with Crippen LogP contribution >= 0.6 is 15.9 Å². The van der Waals surface area contributed by atoms with Crippen LogP contribution < -0.4 is 15.5 Å². The molecule has 1 amide bonds. The number of amides is 1. The molecule has 0 aliphatic rings. The van der Waals surface area contributed by atoms with E-state index < -0.39 is 0 Å². The average molecular weight is 332 g/mol. The minimum Gasteiger partial charge on any atom is -0.383 e. The van der Waals surface area contributed by atoms with Crippen molar-refractivity contribution in [2.24, 2.45) is 0 Å². The topological polar surface area (TPSA) is 79.4 Å². The Kier molecular flexibility index (Phi) is 6.51. The van der Waals surface area contributed by atoms with E-state index in [-0.39, 0.29) is 12.5 Å². The first kappa shape index (κ1) is 15.6. The van der Waals surface area contributed by atoms with Gasteiger partial charge in [0.05, 0.1) is 13.2 Å². The van der Waals surface area contributed by atoms with Gasteiger partial charge >= 0.3 is 0 Å². The number of anilines is 2. The van der Waals surface area contributed by atoms with Gasteiger partial charge in [-0.25, -0.2) is 9.97 Å². The number of hydrogen-bond acceptors (Lipinski definition) is 6. The Hall–Kier alpha value is -1.41. The predicted octanol–water partition coefficient (Wildman–Crippen LogP) is 0.480. The monoisotopic (exact) mass is 331 g/mol. The molecule has 8 heteroatoms.